The second-order valence-electron chi connectivity index (χ2n) is 4.30. The number of hydrogen-bond acceptors (Lipinski definition) is 2. The molecule has 0 spiro atoms. The Kier molecular flexibility index (Phi) is 4.18. The lowest BCUT2D eigenvalue weighted by atomic mass is 10.1. The molecule has 0 bridgehead atoms. The Morgan fingerprint density at radius 1 is 1.26 bits per heavy atom. The van der Waals surface area contributed by atoms with Crippen LogP contribution in [0.25, 0.3) is 0 Å². The van der Waals surface area contributed by atoms with Gasteiger partial charge in [0.1, 0.15) is 5.82 Å². The molecule has 0 heterocycles. The van der Waals surface area contributed by atoms with Crippen molar-refractivity contribution in [1.29, 1.82) is 5.26 Å². The van der Waals surface area contributed by atoms with Gasteiger partial charge in [0, 0.05) is 23.8 Å². The zero-order valence-electron chi connectivity index (χ0n) is 10.4. The fourth-order valence-electron chi connectivity index (χ4n) is 1.88. The van der Waals surface area contributed by atoms with Crippen molar-refractivity contribution < 1.29 is 4.39 Å². The molecular weight excluding hydrogens is 307 g/mol. The second-order valence-corrected chi connectivity index (χ2v) is 5.21. The van der Waals surface area contributed by atoms with Gasteiger partial charge >= 0.3 is 0 Å². The summed E-state index contributed by atoms with van der Waals surface area (Å²) in [5.74, 6) is -0.261. The van der Waals surface area contributed by atoms with E-state index in [1.807, 2.05) is 36.2 Å². The predicted molar refractivity (Wildman–Crippen MR) is 77.4 cm³/mol. The Morgan fingerprint density at radius 3 is 2.74 bits per heavy atom. The molecule has 0 aliphatic heterocycles. The smallest absolute Gasteiger partial charge is 0.124 e. The van der Waals surface area contributed by atoms with Gasteiger partial charge in [-0.25, -0.2) is 4.39 Å². The molecule has 2 aromatic rings. The quantitative estimate of drug-likeness (QED) is 0.852. The minimum Gasteiger partial charge on any atom is -0.370 e. The molecule has 0 saturated heterocycles. The highest BCUT2D eigenvalue weighted by Crippen LogP contribution is 2.20. The average Bonchev–Trinajstić information content (AvgIpc) is 2.37. The van der Waals surface area contributed by atoms with Crippen molar-refractivity contribution in [1.82, 2.24) is 0 Å². The normalized spacial score (nSPS) is 10.0. The first-order chi connectivity index (χ1) is 9.08. The Morgan fingerprint density at radius 2 is 2.05 bits per heavy atom. The fraction of sp³-hybridized carbons (Fsp3) is 0.133. The van der Waals surface area contributed by atoms with Gasteiger partial charge in [-0.05, 0) is 42.0 Å². The van der Waals surface area contributed by atoms with Crippen LogP contribution in [0.3, 0.4) is 0 Å². The van der Waals surface area contributed by atoms with Crippen LogP contribution in [0, 0.1) is 17.1 Å². The summed E-state index contributed by atoms with van der Waals surface area (Å²) in [4.78, 5) is 1.97. The number of benzene rings is 2. The van der Waals surface area contributed by atoms with Gasteiger partial charge < -0.3 is 4.90 Å². The highest BCUT2D eigenvalue weighted by atomic mass is 79.9. The average molecular weight is 319 g/mol. The number of halogens is 2. The van der Waals surface area contributed by atoms with Crippen molar-refractivity contribution in [2.24, 2.45) is 0 Å². The van der Waals surface area contributed by atoms with E-state index in [2.05, 4.69) is 22.0 Å². The SMILES string of the molecule is CN(Cc1cc(F)cc(Br)c1)c1cccc(C#N)c1. The molecule has 19 heavy (non-hydrogen) atoms. The van der Waals surface area contributed by atoms with E-state index in [9.17, 15) is 4.39 Å². The molecule has 0 fully saturated rings. The summed E-state index contributed by atoms with van der Waals surface area (Å²) in [6.45, 7) is 0.575. The molecule has 0 aliphatic carbocycles. The van der Waals surface area contributed by atoms with Crippen LogP contribution in [-0.4, -0.2) is 7.05 Å². The third kappa shape index (κ3) is 3.55. The lowest BCUT2D eigenvalue weighted by Crippen LogP contribution is -2.16. The van der Waals surface area contributed by atoms with Crippen LogP contribution in [0.5, 0.6) is 0 Å². The molecule has 2 aromatic carbocycles. The van der Waals surface area contributed by atoms with E-state index < -0.39 is 0 Å². The minimum absolute atomic E-state index is 0.261. The van der Waals surface area contributed by atoms with Crippen LogP contribution in [0.1, 0.15) is 11.1 Å². The first kappa shape index (κ1) is 13.6. The Bertz CT molecular complexity index is 614. The second kappa shape index (κ2) is 5.85. The maximum Gasteiger partial charge on any atom is 0.124 e. The molecule has 4 heteroatoms. The molecule has 0 amide bonds. The fourth-order valence-corrected chi connectivity index (χ4v) is 2.39. The van der Waals surface area contributed by atoms with Gasteiger partial charge in [0.2, 0.25) is 0 Å². The molecule has 2 rings (SSSR count). The minimum atomic E-state index is -0.261. The van der Waals surface area contributed by atoms with Gasteiger partial charge in [-0.2, -0.15) is 5.26 Å². The van der Waals surface area contributed by atoms with Crippen LogP contribution in [-0.2, 0) is 6.54 Å². The monoisotopic (exact) mass is 318 g/mol. The molecule has 0 unspecified atom stereocenters. The molecule has 0 saturated carbocycles. The van der Waals surface area contributed by atoms with E-state index in [0.717, 1.165) is 15.7 Å². The number of rotatable bonds is 3. The third-order valence-corrected chi connectivity index (χ3v) is 3.22. The largest absolute Gasteiger partial charge is 0.370 e. The topological polar surface area (TPSA) is 27.0 Å². The summed E-state index contributed by atoms with van der Waals surface area (Å²) in [6, 6.07) is 14.3. The molecule has 0 aromatic heterocycles. The maximum absolute atomic E-state index is 13.3. The lowest BCUT2D eigenvalue weighted by Gasteiger charge is -2.19. The van der Waals surface area contributed by atoms with Crippen molar-refractivity contribution in [3.05, 3.63) is 63.9 Å². The summed E-state index contributed by atoms with van der Waals surface area (Å²) in [6.07, 6.45) is 0. The van der Waals surface area contributed by atoms with Gasteiger partial charge in [-0.15, -0.1) is 0 Å². The van der Waals surface area contributed by atoms with Crippen molar-refractivity contribution in [2.45, 2.75) is 6.54 Å². The first-order valence-corrected chi connectivity index (χ1v) is 6.54. The first-order valence-electron chi connectivity index (χ1n) is 5.75. The molecule has 0 atom stereocenters. The van der Waals surface area contributed by atoms with Crippen LogP contribution < -0.4 is 4.90 Å². The maximum atomic E-state index is 13.3. The van der Waals surface area contributed by atoms with E-state index in [4.69, 9.17) is 5.26 Å². The predicted octanol–water partition coefficient (Wildman–Crippen LogP) is 4.10. The summed E-state index contributed by atoms with van der Waals surface area (Å²) in [5, 5.41) is 8.88. The van der Waals surface area contributed by atoms with Crippen LogP contribution in [0.15, 0.2) is 46.9 Å². The Labute approximate surface area is 120 Å². The molecule has 0 N–H and O–H groups in total. The number of nitrogens with zero attached hydrogens (tertiary/aromatic N) is 2. The number of nitriles is 1. The zero-order valence-corrected chi connectivity index (χ0v) is 12.0. The van der Waals surface area contributed by atoms with Crippen LogP contribution in [0.2, 0.25) is 0 Å². The summed E-state index contributed by atoms with van der Waals surface area (Å²) in [7, 11) is 1.91. The van der Waals surface area contributed by atoms with Crippen molar-refractivity contribution in [2.75, 3.05) is 11.9 Å². The summed E-state index contributed by atoms with van der Waals surface area (Å²) in [5.41, 5.74) is 2.42. The molecule has 96 valence electrons. The van der Waals surface area contributed by atoms with Gasteiger partial charge in [0.05, 0.1) is 11.6 Å². The van der Waals surface area contributed by atoms with Crippen molar-refractivity contribution in [3.63, 3.8) is 0 Å². The van der Waals surface area contributed by atoms with Crippen LogP contribution >= 0.6 is 15.9 Å². The zero-order chi connectivity index (χ0) is 13.8. The van der Waals surface area contributed by atoms with Gasteiger partial charge in [0.25, 0.3) is 0 Å². The molecular formula is C15H12BrFN2. The standard InChI is InChI=1S/C15H12BrFN2/c1-19(15-4-2-3-11(7-15)9-18)10-12-5-13(16)8-14(17)6-12/h2-8H,10H2,1H3. The van der Waals surface area contributed by atoms with E-state index in [-0.39, 0.29) is 5.82 Å². The molecule has 0 aliphatic rings. The molecule has 2 nitrogen and oxygen atoms in total. The third-order valence-electron chi connectivity index (χ3n) is 2.76. The molecule has 0 radical (unpaired) electrons. The van der Waals surface area contributed by atoms with Crippen molar-refractivity contribution >= 4 is 21.6 Å². The van der Waals surface area contributed by atoms with E-state index in [1.165, 1.54) is 12.1 Å². The van der Waals surface area contributed by atoms with Crippen LogP contribution in [0.4, 0.5) is 10.1 Å². The van der Waals surface area contributed by atoms with E-state index >= 15 is 0 Å². The number of hydrogen-bond donors (Lipinski definition) is 0. The van der Waals surface area contributed by atoms with E-state index in [1.54, 1.807) is 6.07 Å². The van der Waals surface area contributed by atoms with Crippen molar-refractivity contribution in [3.8, 4) is 6.07 Å². The highest BCUT2D eigenvalue weighted by Gasteiger charge is 2.05. The van der Waals surface area contributed by atoms with Gasteiger partial charge in [-0.1, -0.05) is 22.0 Å². The summed E-state index contributed by atoms with van der Waals surface area (Å²) < 4.78 is 14.0. The Balaban J connectivity index is 2.20. The van der Waals surface area contributed by atoms with Gasteiger partial charge in [-0.3, -0.25) is 0 Å². The number of anilines is 1. The van der Waals surface area contributed by atoms with Gasteiger partial charge in [0.15, 0.2) is 0 Å². The van der Waals surface area contributed by atoms with E-state index in [0.29, 0.717) is 12.1 Å². The highest BCUT2D eigenvalue weighted by molar-refractivity contribution is 9.10. The lowest BCUT2D eigenvalue weighted by molar-refractivity contribution is 0.624. The Hall–Kier alpha value is -1.86. The summed E-state index contributed by atoms with van der Waals surface area (Å²) >= 11 is 3.28.